The molecule has 158 valence electrons. The molecule has 1 aliphatic heterocycles. The summed E-state index contributed by atoms with van der Waals surface area (Å²) in [6.45, 7) is 1.08. The van der Waals surface area contributed by atoms with Crippen LogP contribution in [0.4, 0.5) is 0 Å². The van der Waals surface area contributed by atoms with Crippen molar-refractivity contribution in [3.63, 3.8) is 0 Å². The number of ketones is 1. The molecule has 2 amide bonds. The molecule has 1 saturated heterocycles. The van der Waals surface area contributed by atoms with Gasteiger partial charge in [0.15, 0.2) is 6.61 Å². The predicted molar refractivity (Wildman–Crippen MR) is 110 cm³/mol. The third-order valence-electron chi connectivity index (χ3n) is 4.71. The fourth-order valence-electron chi connectivity index (χ4n) is 3.05. The van der Waals surface area contributed by atoms with Crippen molar-refractivity contribution in [2.45, 2.75) is 19.3 Å². The number of hydrogen-bond donors (Lipinski definition) is 2. The Morgan fingerprint density at radius 2 is 1.77 bits per heavy atom. The van der Waals surface area contributed by atoms with E-state index in [-0.39, 0.29) is 30.3 Å². The maximum atomic E-state index is 12.3. The van der Waals surface area contributed by atoms with Gasteiger partial charge in [-0.1, -0.05) is 11.6 Å². The SMILES string of the molecule is O=C(CCNC(=O)c1ccc(Cl)cc1)OCC(=O)c1c[nH]c(C(=O)N2CCCC2)c1. The minimum absolute atomic E-state index is 0.0710. The summed E-state index contributed by atoms with van der Waals surface area (Å²) >= 11 is 5.77. The lowest BCUT2D eigenvalue weighted by Gasteiger charge is -2.13. The van der Waals surface area contributed by atoms with E-state index >= 15 is 0 Å². The zero-order valence-electron chi connectivity index (χ0n) is 16.3. The number of likely N-dealkylation sites (tertiary alicyclic amines) is 1. The van der Waals surface area contributed by atoms with E-state index in [4.69, 9.17) is 16.3 Å². The number of benzene rings is 1. The lowest BCUT2D eigenvalue weighted by molar-refractivity contribution is -0.142. The standard InChI is InChI=1S/C21H22ClN3O5/c22-16-5-3-14(4-6-16)20(28)23-8-7-19(27)30-13-18(26)15-11-17(24-12-15)21(29)25-9-1-2-10-25/h3-6,11-12,24H,1-2,7-10,13H2,(H,23,28). The Kier molecular flexibility index (Phi) is 7.24. The van der Waals surface area contributed by atoms with Crippen molar-refractivity contribution in [1.82, 2.24) is 15.2 Å². The summed E-state index contributed by atoms with van der Waals surface area (Å²) in [6.07, 6.45) is 3.33. The Hall–Kier alpha value is -3.13. The minimum Gasteiger partial charge on any atom is -0.457 e. The number of nitrogens with zero attached hydrogens (tertiary/aromatic N) is 1. The van der Waals surface area contributed by atoms with E-state index in [1.165, 1.54) is 12.3 Å². The van der Waals surface area contributed by atoms with Crippen LogP contribution in [0.1, 0.15) is 50.5 Å². The summed E-state index contributed by atoms with van der Waals surface area (Å²) in [7, 11) is 0. The smallest absolute Gasteiger partial charge is 0.308 e. The summed E-state index contributed by atoms with van der Waals surface area (Å²) < 4.78 is 4.96. The van der Waals surface area contributed by atoms with Crippen molar-refractivity contribution >= 4 is 35.2 Å². The van der Waals surface area contributed by atoms with Crippen LogP contribution in [-0.2, 0) is 9.53 Å². The number of aromatic nitrogens is 1. The van der Waals surface area contributed by atoms with Crippen LogP contribution in [0.25, 0.3) is 0 Å². The van der Waals surface area contributed by atoms with Crippen molar-refractivity contribution in [3.05, 3.63) is 58.4 Å². The number of aromatic amines is 1. The Morgan fingerprint density at radius 1 is 1.07 bits per heavy atom. The fraction of sp³-hybridized carbons (Fsp3) is 0.333. The molecular formula is C21H22ClN3O5. The zero-order valence-corrected chi connectivity index (χ0v) is 17.0. The number of carbonyl (C=O) groups is 4. The highest BCUT2D eigenvalue weighted by atomic mass is 35.5. The van der Waals surface area contributed by atoms with Gasteiger partial charge >= 0.3 is 5.97 Å². The Morgan fingerprint density at radius 3 is 2.47 bits per heavy atom. The number of halogens is 1. The van der Waals surface area contributed by atoms with Crippen molar-refractivity contribution in [1.29, 1.82) is 0 Å². The predicted octanol–water partition coefficient (Wildman–Crippen LogP) is 2.45. The Labute approximate surface area is 178 Å². The molecule has 9 heteroatoms. The largest absolute Gasteiger partial charge is 0.457 e. The molecule has 2 aromatic rings. The van der Waals surface area contributed by atoms with Gasteiger partial charge in [0.2, 0.25) is 5.78 Å². The number of amides is 2. The quantitative estimate of drug-likeness (QED) is 0.493. The third-order valence-corrected chi connectivity index (χ3v) is 4.97. The molecule has 0 bridgehead atoms. The second-order valence-electron chi connectivity index (χ2n) is 6.90. The van der Waals surface area contributed by atoms with E-state index in [2.05, 4.69) is 10.3 Å². The molecule has 0 atom stereocenters. The maximum absolute atomic E-state index is 12.3. The number of Topliss-reactive ketones (excluding diaryl/α,β-unsaturated/α-hetero) is 1. The molecule has 3 rings (SSSR count). The second-order valence-corrected chi connectivity index (χ2v) is 7.33. The maximum Gasteiger partial charge on any atom is 0.308 e. The molecule has 0 spiro atoms. The first kappa shape index (κ1) is 21.6. The highest BCUT2D eigenvalue weighted by Gasteiger charge is 2.22. The summed E-state index contributed by atoms with van der Waals surface area (Å²) in [4.78, 5) is 52.8. The number of hydrogen-bond acceptors (Lipinski definition) is 5. The average Bonchev–Trinajstić information content (AvgIpc) is 3.44. The van der Waals surface area contributed by atoms with E-state index in [0.717, 1.165) is 12.8 Å². The van der Waals surface area contributed by atoms with Crippen LogP contribution in [0.2, 0.25) is 5.02 Å². The van der Waals surface area contributed by atoms with Crippen LogP contribution >= 0.6 is 11.6 Å². The first-order chi connectivity index (χ1) is 14.4. The van der Waals surface area contributed by atoms with Gasteiger partial charge in [0.1, 0.15) is 5.69 Å². The summed E-state index contributed by atoms with van der Waals surface area (Å²) in [6, 6.07) is 7.83. The lowest BCUT2D eigenvalue weighted by atomic mass is 10.2. The van der Waals surface area contributed by atoms with Gasteiger partial charge in [-0.15, -0.1) is 0 Å². The van der Waals surface area contributed by atoms with E-state index < -0.39 is 18.4 Å². The van der Waals surface area contributed by atoms with Gasteiger partial charge in [0.25, 0.3) is 11.8 Å². The molecule has 0 aliphatic carbocycles. The molecule has 0 saturated carbocycles. The number of esters is 1. The molecule has 0 radical (unpaired) electrons. The molecular weight excluding hydrogens is 410 g/mol. The number of carbonyl (C=O) groups excluding carboxylic acids is 4. The molecule has 2 N–H and O–H groups in total. The highest BCUT2D eigenvalue weighted by Crippen LogP contribution is 2.14. The lowest BCUT2D eigenvalue weighted by Crippen LogP contribution is -2.27. The van der Waals surface area contributed by atoms with Crippen molar-refractivity contribution in [3.8, 4) is 0 Å². The monoisotopic (exact) mass is 431 g/mol. The van der Waals surface area contributed by atoms with Crippen LogP contribution < -0.4 is 5.32 Å². The first-order valence-corrected chi connectivity index (χ1v) is 10.0. The summed E-state index contributed by atoms with van der Waals surface area (Å²) in [5, 5.41) is 3.12. The van der Waals surface area contributed by atoms with Gasteiger partial charge in [0, 0.05) is 42.0 Å². The van der Waals surface area contributed by atoms with Crippen molar-refractivity contribution in [2.75, 3.05) is 26.2 Å². The fourth-order valence-corrected chi connectivity index (χ4v) is 3.18. The molecule has 2 heterocycles. The van der Waals surface area contributed by atoms with Gasteiger partial charge in [-0.3, -0.25) is 19.2 Å². The van der Waals surface area contributed by atoms with E-state index in [9.17, 15) is 19.2 Å². The number of H-pyrrole nitrogens is 1. The molecule has 1 aromatic heterocycles. The van der Waals surface area contributed by atoms with E-state index in [0.29, 0.717) is 29.4 Å². The molecule has 30 heavy (non-hydrogen) atoms. The topological polar surface area (TPSA) is 109 Å². The number of ether oxygens (including phenoxy) is 1. The molecule has 1 aromatic carbocycles. The molecule has 1 aliphatic rings. The molecule has 8 nitrogen and oxygen atoms in total. The molecule has 1 fully saturated rings. The van der Waals surface area contributed by atoms with Crippen molar-refractivity contribution in [2.24, 2.45) is 0 Å². The molecule has 0 unspecified atom stereocenters. The van der Waals surface area contributed by atoms with Crippen LogP contribution in [0.5, 0.6) is 0 Å². The van der Waals surface area contributed by atoms with Gasteiger partial charge < -0.3 is 19.9 Å². The summed E-state index contributed by atoms with van der Waals surface area (Å²) in [5.74, 6) is -1.49. The van der Waals surface area contributed by atoms with Gasteiger partial charge in [0.05, 0.1) is 6.42 Å². The third kappa shape index (κ3) is 5.70. The normalized spacial score (nSPS) is 13.2. The highest BCUT2D eigenvalue weighted by molar-refractivity contribution is 6.30. The Balaban J connectivity index is 1.39. The van der Waals surface area contributed by atoms with Crippen LogP contribution in [0, 0.1) is 0 Å². The Bertz CT molecular complexity index is 932. The van der Waals surface area contributed by atoms with Crippen LogP contribution in [0.15, 0.2) is 36.5 Å². The average molecular weight is 432 g/mol. The van der Waals surface area contributed by atoms with Gasteiger partial charge in [-0.2, -0.15) is 0 Å². The number of nitrogens with one attached hydrogen (secondary N) is 2. The number of rotatable bonds is 8. The van der Waals surface area contributed by atoms with Crippen LogP contribution in [-0.4, -0.2) is 59.7 Å². The van der Waals surface area contributed by atoms with E-state index in [1.54, 1.807) is 29.2 Å². The summed E-state index contributed by atoms with van der Waals surface area (Å²) in [5.41, 5.74) is 1.05. The minimum atomic E-state index is -0.608. The van der Waals surface area contributed by atoms with E-state index in [1.807, 2.05) is 0 Å². The zero-order chi connectivity index (χ0) is 21.5. The van der Waals surface area contributed by atoms with Crippen LogP contribution in [0.3, 0.4) is 0 Å². The van der Waals surface area contributed by atoms with Gasteiger partial charge in [-0.05, 0) is 43.2 Å². The second kappa shape index (κ2) is 10.1. The first-order valence-electron chi connectivity index (χ1n) is 9.64. The van der Waals surface area contributed by atoms with Crippen molar-refractivity contribution < 1.29 is 23.9 Å². The van der Waals surface area contributed by atoms with Gasteiger partial charge in [-0.25, -0.2) is 0 Å².